The monoisotopic (exact) mass is 349 g/mol. The molecule has 0 saturated heterocycles. The van der Waals surface area contributed by atoms with Gasteiger partial charge in [-0.2, -0.15) is 0 Å². The predicted molar refractivity (Wildman–Crippen MR) is 80.2 cm³/mol. The summed E-state index contributed by atoms with van der Waals surface area (Å²) in [6.45, 7) is 1.83. The molecule has 2 aliphatic rings. The van der Waals surface area contributed by atoms with Crippen LogP contribution in [0.15, 0.2) is 28.7 Å². The average molecular weight is 350 g/mol. The minimum atomic E-state index is 0.0231. The third-order valence-electron chi connectivity index (χ3n) is 3.91. The zero-order valence-corrected chi connectivity index (χ0v) is 13.1. The van der Waals surface area contributed by atoms with Gasteiger partial charge in [0.2, 0.25) is 0 Å². The van der Waals surface area contributed by atoms with E-state index < -0.39 is 0 Å². The quantitative estimate of drug-likeness (QED) is 0.851. The first-order valence-corrected chi connectivity index (χ1v) is 8.01. The lowest BCUT2D eigenvalue weighted by molar-refractivity contribution is -0.0254. The molecule has 1 unspecified atom stereocenters. The highest BCUT2D eigenvalue weighted by molar-refractivity contribution is 9.10. The molecule has 6 heteroatoms. The maximum atomic E-state index is 5.89. The van der Waals surface area contributed by atoms with Crippen molar-refractivity contribution in [2.75, 3.05) is 6.61 Å². The first-order valence-electron chi connectivity index (χ1n) is 7.22. The molecule has 0 amide bonds. The van der Waals surface area contributed by atoms with E-state index in [2.05, 4.69) is 26.2 Å². The van der Waals surface area contributed by atoms with Crippen LogP contribution in [0.3, 0.4) is 0 Å². The van der Waals surface area contributed by atoms with E-state index in [1.54, 1.807) is 0 Å². The number of aromatic nitrogens is 3. The van der Waals surface area contributed by atoms with E-state index in [1.807, 2.05) is 28.9 Å². The molecule has 2 aromatic rings. The van der Waals surface area contributed by atoms with E-state index in [4.69, 9.17) is 9.47 Å². The lowest BCUT2D eigenvalue weighted by Gasteiger charge is -2.24. The number of rotatable bonds is 4. The molecule has 1 saturated carbocycles. The lowest BCUT2D eigenvalue weighted by Crippen LogP contribution is -2.33. The first-order chi connectivity index (χ1) is 10.3. The molecule has 0 bridgehead atoms. The summed E-state index contributed by atoms with van der Waals surface area (Å²) >= 11 is 3.41. The fourth-order valence-corrected chi connectivity index (χ4v) is 2.84. The average Bonchev–Trinajstić information content (AvgIpc) is 3.26. The van der Waals surface area contributed by atoms with Crippen molar-refractivity contribution in [1.82, 2.24) is 15.0 Å². The summed E-state index contributed by atoms with van der Waals surface area (Å²) in [4.78, 5) is 0. The van der Waals surface area contributed by atoms with Gasteiger partial charge >= 0.3 is 0 Å². The summed E-state index contributed by atoms with van der Waals surface area (Å²) in [5, 5.41) is 8.57. The Morgan fingerprint density at radius 1 is 1.29 bits per heavy atom. The Bertz CT molecular complexity index is 637. The molecule has 1 aromatic heterocycles. The highest BCUT2D eigenvalue weighted by Crippen LogP contribution is 2.41. The van der Waals surface area contributed by atoms with Crippen molar-refractivity contribution >= 4 is 15.9 Å². The van der Waals surface area contributed by atoms with Crippen LogP contribution < -0.4 is 4.74 Å². The van der Waals surface area contributed by atoms with E-state index in [-0.39, 0.29) is 6.10 Å². The number of ether oxygens (including phenoxy) is 2. The van der Waals surface area contributed by atoms with Crippen LogP contribution in [0.5, 0.6) is 5.75 Å². The van der Waals surface area contributed by atoms with Crippen LogP contribution >= 0.6 is 15.9 Å². The maximum absolute atomic E-state index is 5.89. The molecule has 5 nitrogen and oxygen atoms in total. The van der Waals surface area contributed by atoms with Crippen LogP contribution in [0.25, 0.3) is 0 Å². The molecule has 110 valence electrons. The number of fused-ring (bicyclic) bond motifs is 1. The Balaban J connectivity index is 1.38. The minimum Gasteiger partial charge on any atom is -0.491 e. The van der Waals surface area contributed by atoms with Crippen LogP contribution in [0.2, 0.25) is 0 Å². The molecule has 0 spiro atoms. The number of benzene rings is 1. The van der Waals surface area contributed by atoms with Gasteiger partial charge in [-0.15, -0.1) is 5.10 Å². The second-order valence-electron chi connectivity index (χ2n) is 5.58. The third-order valence-corrected chi connectivity index (χ3v) is 4.44. The van der Waals surface area contributed by atoms with E-state index in [1.165, 1.54) is 12.8 Å². The van der Waals surface area contributed by atoms with Gasteiger partial charge in [-0.05, 0) is 37.1 Å². The number of nitrogens with zero attached hydrogens (tertiary/aromatic N) is 3. The molecule has 1 atom stereocenters. The Morgan fingerprint density at radius 2 is 2.10 bits per heavy atom. The van der Waals surface area contributed by atoms with Gasteiger partial charge in [0, 0.05) is 10.4 Å². The van der Waals surface area contributed by atoms with Gasteiger partial charge in [-0.25, -0.2) is 4.68 Å². The van der Waals surface area contributed by atoms with Crippen molar-refractivity contribution in [2.45, 2.75) is 38.0 Å². The summed E-state index contributed by atoms with van der Waals surface area (Å²) in [7, 11) is 0. The Labute approximate surface area is 131 Å². The van der Waals surface area contributed by atoms with Crippen LogP contribution in [0.1, 0.15) is 30.1 Å². The van der Waals surface area contributed by atoms with Crippen molar-refractivity contribution < 1.29 is 9.47 Å². The largest absolute Gasteiger partial charge is 0.491 e. The third kappa shape index (κ3) is 2.82. The SMILES string of the molecule is Brc1ccc(OCC2Cn3nnc(C4CC4)c3CO2)cc1. The van der Waals surface area contributed by atoms with Gasteiger partial charge in [-0.3, -0.25) is 0 Å². The molecule has 21 heavy (non-hydrogen) atoms. The number of halogens is 1. The zero-order chi connectivity index (χ0) is 14.2. The molecule has 0 N–H and O–H groups in total. The molecular weight excluding hydrogens is 334 g/mol. The maximum Gasteiger partial charge on any atom is 0.119 e. The number of hydrogen-bond donors (Lipinski definition) is 0. The number of hydrogen-bond acceptors (Lipinski definition) is 4. The van der Waals surface area contributed by atoms with Crippen LogP contribution in [-0.2, 0) is 17.9 Å². The van der Waals surface area contributed by atoms with Crippen molar-refractivity contribution in [1.29, 1.82) is 0 Å². The van der Waals surface area contributed by atoms with Gasteiger partial charge < -0.3 is 9.47 Å². The molecule has 1 aliphatic carbocycles. The standard InChI is InChI=1S/C15H16BrN3O2/c16-11-3-5-12(6-4-11)20-8-13-7-19-14(9-21-13)15(17-18-19)10-1-2-10/h3-6,10,13H,1-2,7-9H2. The molecule has 1 aromatic carbocycles. The van der Waals surface area contributed by atoms with Crippen molar-refractivity contribution in [2.24, 2.45) is 0 Å². The van der Waals surface area contributed by atoms with Gasteiger partial charge in [0.25, 0.3) is 0 Å². The normalized spacial score (nSPS) is 21.1. The highest BCUT2D eigenvalue weighted by atomic mass is 79.9. The Hall–Kier alpha value is -1.40. The molecule has 0 radical (unpaired) electrons. The van der Waals surface area contributed by atoms with E-state index in [0.29, 0.717) is 25.7 Å². The van der Waals surface area contributed by atoms with Crippen molar-refractivity contribution in [3.8, 4) is 5.75 Å². The fraction of sp³-hybridized carbons (Fsp3) is 0.467. The van der Waals surface area contributed by atoms with Crippen molar-refractivity contribution in [3.63, 3.8) is 0 Å². The zero-order valence-electron chi connectivity index (χ0n) is 11.5. The minimum absolute atomic E-state index is 0.0231. The fourth-order valence-electron chi connectivity index (χ4n) is 2.58. The first kappa shape index (κ1) is 13.3. The van der Waals surface area contributed by atoms with Crippen LogP contribution in [0.4, 0.5) is 0 Å². The van der Waals surface area contributed by atoms with E-state index >= 15 is 0 Å². The molecule has 2 heterocycles. The smallest absolute Gasteiger partial charge is 0.119 e. The van der Waals surface area contributed by atoms with Gasteiger partial charge in [0.1, 0.15) is 18.5 Å². The second-order valence-corrected chi connectivity index (χ2v) is 6.49. The van der Waals surface area contributed by atoms with Gasteiger partial charge in [-0.1, -0.05) is 21.1 Å². The lowest BCUT2D eigenvalue weighted by atomic mass is 10.2. The van der Waals surface area contributed by atoms with Gasteiger partial charge in [0.15, 0.2) is 0 Å². The van der Waals surface area contributed by atoms with Crippen LogP contribution in [-0.4, -0.2) is 27.7 Å². The summed E-state index contributed by atoms with van der Waals surface area (Å²) in [5.41, 5.74) is 2.29. The Morgan fingerprint density at radius 3 is 2.86 bits per heavy atom. The summed E-state index contributed by atoms with van der Waals surface area (Å²) in [5.74, 6) is 1.47. The summed E-state index contributed by atoms with van der Waals surface area (Å²) in [6.07, 6.45) is 2.50. The highest BCUT2D eigenvalue weighted by Gasteiger charge is 2.33. The summed E-state index contributed by atoms with van der Waals surface area (Å²) in [6, 6.07) is 7.82. The summed E-state index contributed by atoms with van der Waals surface area (Å²) < 4.78 is 14.7. The molecule has 1 fully saturated rings. The molecular formula is C15H16BrN3O2. The molecule has 1 aliphatic heterocycles. The van der Waals surface area contributed by atoms with Crippen molar-refractivity contribution in [3.05, 3.63) is 40.1 Å². The second kappa shape index (κ2) is 5.42. The van der Waals surface area contributed by atoms with Gasteiger partial charge in [0.05, 0.1) is 24.5 Å². The topological polar surface area (TPSA) is 49.2 Å². The van der Waals surface area contributed by atoms with E-state index in [0.717, 1.165) is 21.6 Å². The van der Waals surface area contributed by atoms with E-state index in [9.17, 15) is 0 Å². The molecule has 4 rings (SSSR count). The predicted octanol–water partition coefficient (Wildman–Crippen LogP) is 2.90. The van der Waals surface area contributed by atoms with Crippen LogP contribution in [0, 0.1) is 0 Å². The Kier molecular flexibility index (Phi) is 3.43.